The molecule has 5 rings (SSSR count). The van der Waals surface area contributed by atoms with Crippen LogP contribution in [-0.2, 0) is 19.5 Å². The summed E-state index contributed by atoms with van der Waals surface area (Å²) in [7, 11) is -1.26. The lowest BCUT2D eigenvalue weighted by atomic mass is 10.1. The first kappa shape index (κ1) is 27.9. The SMILES string of the molecule is CCO[C@H]1C[C@H](S(=O)(=O)Nc2nnc(C3CCCO3)n2-c2c(OC)ncnc2OC)CN(c2ncc(F)cn2)C1. The maximum atomic E-state index is 13.9. The first-order chi connectivity index (χ1) is 19.3. The first-order valence-electron chi connectivity index (χ1n) is 12.7. The molecule has 1 N–H and O–H groups in total. The van der Waals surface area contributed by atoms with Gasteiger partial charge in [0.1, 0.15) is 17.7 Å². The van der Waals surface area contributed by atoms with Crippen molar-refractivity contribution >= 4 is 21.9 Å². The fraction of sp³-hybridized carbons (Fsp3) is 0.565. The van der Waals surface area contributed by atoms with Crippen molar-refractivity contribution in [2.24, 2.45) is 0 Å². The Morgan fingerprint density at radius 3 is 2.45 bits per heavy atom. The molecule has 1 unspecified atom stereocenters. The van der Waals surface area contributed by atoms with Crippen molar-refractivity contribution in [2.75, 3.05) is 50.1 Å². The van der Waals surface area contributed by atoms with Crippen molar-refractivity contribution in [3.8, 4) is 17.4 Å². The number of hydrogen-bond donors (Lipinski definition) is 1. The molecular formula is C23H30FN9O6S. The number of nitrogens with one attached hydrogen (secondary N) is 1. The maximum absolute atomic E-state index is 13.9. The van der Waals surface area contributed by atoms with E-state index < -0.39 is 33.3 Å². The fourth-order valence-electron chi connectivity index (χ4n) is 4.84. The van der Waals surface area contributed by atoms with Gasteiger partial charge in [0.2, 0.25) is 33.7 Å². The van der Waals surface area contributed by atoms with Crippen LogP contribution in [0.2, 0.25) is 0 Å². The third kappa shape index (κ3) is 5.62. The quantitative estimate of drug-likeness (QED) is 0.365. The second-order valence-electron chi connectivity index (χ2n) is 9.15. The minimum atomic E-state index is -4.10. The van der Waals surface area contributed by atoms with Gasteiger partial charge < -0.3 is 23.8 Å². The summed E-state index contributed by atoms with van der Waals surface area (Å²) < 4.78 is 67.7. The van der Waals surface area contributed by atoms with Gasteiger partial charge in [-0.15, -0.1) is 10.2 Å². The van der Waals surface area contributed by atoms with Crippen molar-refractivity contribution < 1.29 is 31.8 Å². The van der Waals surface area contributed by atoms with Crippen LogP contribution in [0.1, 0.15) is 38.1 Å². The standard InChI is InChI=1S/C23H30FN9O6S/c1-4-38-15-8-16(12-32(11-15)22-25-9-14(24)10-26-22)40(34,35)31-23-30-29-19(17-6-5-7-39-17)33(23)18-20(36-2)27-13-28-21(18)37-3/h9-10,13,15-17H,4-8,11-12H2,1-3H3,(H,30,31)/t15-,16-,17?/m0/s1. The van der Waals surface area contributed by atoms with Crippen molar-refractivity contribution in [1.29, 1.82) is 0 Å². The topological polar surface area (TPSA) is 169 Å². The molecule has 40 heavy (non-hydrogen) atoms. The van der Waals surface area contributed by atoms with E-state index in [1.807, 2.05) is 6.92 Å². The molecule has 0 radical (unpaired) electrons. The van der Waals surface area contributed by atoms with Gasteiger partial charge in [-0.2, -0.15) is 9.97 Å². The van der Waals surface area contributed by atoms with E-state index in [0.29, 0.717) is 32.0 Å². The summed E-state index contributed by atoms with van der Waals surface area (Å²) in [6.45, 7) is 3.13. The monoisotopic (exact) mass is 579 g/mol. The van der Waals surface area contributed by atoms with E-state index >= 15 is 0 Å². The Balaban J connectivity index is 1.52. The molecule has 0 saturated carbocycles. The van der Waals surface area contributed by atoms with Crippen molar-refractivity contribution in [3.05, 3.63) is 30.4 Å². The van der Waals surface area contributed by atoms with Crippen LogP contribution in [0.5, 0.6) is 11.8 Å². The number of methoxy groups -OCH3 is 2. The van der Waals surface area contributed by atoms with Gasteiger partial charge in [-0.05, 0) is 26.2 Å². The summed E-state index contributed by atoms with van der Waals surface area (Å²) in [5.41, 5.74) is 0.220. The van der Waals surface area contributed by atoms with Crippen molar-refractivity contribution in [2.45, 2.75) is 43.6 Å². The second-order valence-corrected chi connectivity index (χ2v) is 11.1. The number of halogens is 1. The van der Waals surface area contributed by atoms with Crippen molar-refractivity contribution in [3.63, 3.8) is 0 Å². The van der Waals surface area contributed by atoms with Crippen LogP contribution in [-0.4, -0.2) is 95.0 Å². The van der Waals surface area contributed by atoms with E-state index in [4.69, 9.17) is 18.9 Å². The van der Waals surface area contributed by atoms with Crippen molar-refractivity contribution in [1.82, 2.24) is 34.7 Å². The molecule has 0 spiro atoms. The van der Waals surface area contributed by atoms with E-state index in [1.165, 1.54) is 25.1 Å². The van der Waals surface area contributed by atoms with Gasteiger partial charge in [-0.25, -0.2) is 22.8 Å². The zero-order valence-electron chi connectivity index (χ0n) is 22.2. The average molecular weight is 580 g/mol. The molecule has 5 heterocycles. The van der Waals surface area contributed by atoms with Gasteiger partial charge in [-0.1, -0.05) is 0 Å². The predicted octanol–water partition coefficient (Wildman–Crippen LogP) is 1.28. The van der Waals surface area contributed by atoms with Gasteiger partial charge >= 0.3 is 0 Å². The zero-order chi connectivity index (χ0) is 28.3. The van der Waals surface area contributed by atoms with Gasteiger partial charge in [-0.3, -0.25) is 9.29 Å². The second kappa shape index (κ2) is 11.8. The zero-order valence-corrected chi connectivity index (χ0v) is 23.0. The summed E-state index contributed by atoms with van der Waals surface area (Å²) in [6, 6.07) is 0. The number of ether oxygens (including phenoxy) is 4. The summed E-state index contributed by atoms with van der Waals surface area (Å²) in [6.07, 6.45) is 4.13. The largest absolute Gasteiger partial charge is 0.479 e. The van der Waals surface area contributed by atoms with Gasteiger partial charge in [0.05, 0.1) is 32.7 Å². The highest BCUT2D eigenvalue weighted by Gasteiger charge is 2.39. The Hall–Kier alpha value is -3.70. The molecule has 2 aliphatic rings. The lowest BCUT2D eigenvalue weighted by Gasteiger charge is -2.37. The summed E-state index contributed by atoms with van der Waals surface area (Å²) in [4.78, 5) is 18.0. The minimum Gasteiger partial charge on any atom is -0.479 e. The molecule has 3 atom stereocenters. The van der Waals surface area contributed by atoms with Gasteiger partial charge in [0.15, 0.2) is 17.3 Å². The highest BCUT2D eigenvalue weighted by molar-refractivity contribution is 7.93. The fourth-order valence-corrected chi connectivity index (χ4v) is 6.24. The Morgan fingerprint density at radius 1 is 1.10 bits per heavy atom. The molecule has 0 aliphatic carbocycles. The van der Waals surface area contributed by atoms with E-state index in [1.54, 1.807) is 4.90 Å². The molecular weight excluding hydrogens is 549 g/mol. The highest BCUT2D eigenvalue weighted by Crippen LogP contribution is 2.37. The third-order valence-corrected chi connectivity index (χ3v) is 8.30. The molecule has 3 aromatic rings. The lowest BCUT2D eigenvalue weighted by molar-refractivity contribution is 0.0531. The van der Waals surface area contributed by atoms with E-state index in [-0.39, 0.29) is 42.3 Å². The number of rotatable bonds is 10. The molecule has 216 valence electrons. The van der Waals surface area contributed by atoms with E-state index in [0.717, 1.165) is 18.8 Å². The molecule has 15 nitrogen and oxygen atoms in total. The maximum Gasteiger partial charge on any atom is 0.245 e. The minimum absolute atomic E-state index is 0.0400. The molecule has 2 fully saturated rings. The molecule has 2 aliphatic heterocycles. The number of piperidine rings is 1. The number of aromatic nitrogens is 7. The molecule has 0 bridgehead atoms. The Labute approximate surface area is 230 Å². The van der Waals surface area contributed by atoms with E-state index in [9.17, 15) is 12.8 Å². The van der Waals surface area contributed by atoms with Gasteiger partial charge in [0, 0.05) is 26.3 Å². The average Bonchev–Trinajstić information content (AvgIpc) is 3.63. The van der Waals surface area contributed by atoms with Crippen LogP contribution in [0.15, 0.2) is 18.7 Å². The molecule has 3 aromatic heterocycles. The number of sulfonamides is 1. The molecule has 0 aromatic carbocycles. The van der Waals surface area contributed by atoms with Crippen LogP contribution in [0.25, 0.3) is 5.69 Å². The highest BCUT2D eigenvalue weighted by atomic mass is 32.2. The number of nitrogens with zero attached hydrogens (tertiary/aromatic N) is 8. The summed E-state index contributed by atoms with van der Waals surface area (Å²) in [5.74, 6) is 0.0923. The Bertz CT molecular complexity index is 1400. The predicted molar refractivity (Wildman–Crippen MR) is 139 cm³/mol. The Kier molecular flexibility index (Phi) is 8.22. The summed E-state index contributed by atoms with van der Waals surface area (Å²) >= 11 is 0. The van der Waals surface area contributed by atoms with E-state index in [2.05, 4.69) is 34.9 Å². The number of hydrogen-bond acceptors (Lipinski definition) is 13. The van der Waals surface area contributed by atoms with Gasteiger partial charge in [0.25, 0.3) is 0 Å². The molecule has 0 amide bonds. The summed E-state index contributed by atoms with van der Waals surface area (Å²) in [5, 5.41) is 7.49. The van der Waals surface area contributed by atoms with Crippen LogP contribution < -0.4 is 19.1 Å². The molecule has 17 heteroatoms. The lowest BCUT2D eigenvalue weighted by Crippen LogP contribution is -2.51. The van der Waals surface area contributed by atoms with Crippen LogP contribution >= 0.6 is 0 Å². The number of anilines is 2. The normalized spacial score (nSPS) is 21.4. The van der Waals surface area contributed by atoms with Crippen LogP contribution in [0.4, 0.5) is 16.3 Å². The smallest absolute Gasteiger partial charge is 0.245 e. The van der Waals surface area contributed by atoms with Crippen LogP contribution in [0, 0.1) is 5.82 Å². The Morgan fingerprint density at radius 2 is 1.82 bits per heavy atom. The first-order valence-corrected chi connectivity index (χ1v) is 14.2. The third-order valence-electron chi connectivity index (χ3n) is 6.61. The van der Waals surface area contributed by atoms with Crippen LogP contribution in [0.3, 0.4) is 0 Å². The molecule has 2 saturated heterocycles.